The number of carbonyl (C=O) groups excluding carboxylic acids is 1. The van der Waals surface area contributed by atoms with Crippen molar-refractivity contribution in [1.29, 1.82) is 0 Å². The molecule has 0 fully saturated rings. The van der Waals surface area contributed by atoms with Gasteiger partial charge in [-0.2, -0.15) is 0 Å². The van der Waals surface area contributed by atoms with E-state index in [1.165, 1.54) is 22.5 Å². The number of likely N-dealkylation sites (N-methyl/N-ethyl adjacent to an activating group) is 1. The lowest BCUT2D eigenvalue weighted by molar-refractivity contribution is 0.0312. The number of hydrogen-bond acceptors (Lipinski definition) is 4. The first-order chi connectivity index (χ1) is 10.8. The van der Waals surface area contributed by atoms with Crippen molar-refractivity contribution < 1.29 is 9.90 Å². The maximum Gasteiger partial charge on any atom is 0.273 e. The molecule has 0 aliphatic rings. The van der Waals surface area contributed by atoms with Gasteiger partial charge in [-0.3, -0.25) is 4.79 Å². The van der Waals surface area contributed by atoms with Gasteiger partial charge in [0.2, 0.25) is 0 Å². The van der Waals surface area contributed by atoms with E-state index in [4.69, 9.17) is 0 Å². The zero-order valence-corrected chi connectivity index (χ0v) is 15.0. The monoisotopic (exact) mass is 332 g/mol. The summed E-state index contributed by atoms with van der Waals surface area (Å²) in [4.78, 5) is 18.6. The van der Waals surface area contributed by atoms with Gasteiger partial charge in [0, 0.05) is 24.9 Å². The van der Waals surface area contributed by atoms with Crippen molar-refractivity contribution in [1.82, 2.24) is 9.88 Å². The fraction of sp³-hybridized carbons (Fsp3) is 0.444. The molecule has 2 rings (SSSR count). The van der Waals surface area contributed by atoms with Crippen LogP contribution in [0.25, 0.3) is 0 Å². The minimum Gasteiger partial charge on any atom is -0.389 e. The van der Waals surface area contributed by atoms with Gasteiger partial charge in [-0.1, -0.05) is 29.8 Å². The summed E-state index contributed by atoms with van der Waals surface area (Å²) in [5, 5.41) is 12.7. The Hall–Kier alpha value is -1.72. The van der Waals surface area contributed by atoms with Gasteiger partial charge < -0.3 is 10.0 Å². The largest absolute Gasteiger partial charge is 0.389 e. The van der Waals surface area contributed by atoms with E-state index >= 15 is 0 Å². The topological polar surface area (TPSA) is 53.4 Å². The maximum absolute atomic E-state index is 12.5. The summed E-state index contributed by atoms with van der Waals surface area (Å²) >= 11 is 1.50. The molecule has 0 aliphatic carbocycles. The number of aliphatic hydroxyl groups is 1. The second-order valence-electron chi connectivity index (χ2n) is 6.42. The highest BCUT2D eigenvalue weighted by molar-refractivity contribution is 7.09. The van der Waals surface area contributed by atoms with Crippen LogP contribution in [-0.4, -0.2) is 39.6 Å². The highest BCUT2D eigenvalue weighted by Gasteiger charge is 2.23. The number of rotatable bonds is 6. The Labute approximate surface area is 141 Å². The molecule has 1 N–H and O–H groups in total. The smallest absolute Gasteiger partial charge is 0.273 e. The predicted octanol–water partition coefficient (Wildman–Crippen LogP) is 3.28. The third-order valence-electron chi connectivity index (χ3n) is 3.49. The normalized spacial score (nSPS) is 11.5. The first kappa shape index (κ1) is 17.6. The van der Waals surface area contributed by atoms with Gasteiger partial charge in [0.1, 0.15) is 5.69 Å². The van der Waals surface area contributed by atoms with Crippen molar-refractivity contribution in [2.75, 3.05) is 13.1 Å². The van der Waals surface area contributed by atoms with E-state index < -0.39 is 5.60 Å². The van der Waals surface area contributed by atoms with Crippen LogP contribution in [0.3, 0.4) is 0 Å². The van der Waals surface area contributed by atoms with Crippen molar-refractivity contribution in [3.05, 3.63) is 51.5 Å². The van der Waals surface area contributed by atoms with E-state index in [9.17, 15) is 9.90 Å². The summed E-state index contributed by atoms with van der Waals surface area (Å²) in [5.74, 6) is -0.124. The SMILES string of the molecule is CCN(CC(C)(C)O)C(=O)c1csc(Cc2ccc(C)cc2)n1. The molecule has 0 unspecified atom stereocenters. The van der Waals surface area contributed by atoms with Crippen LogP contribution >= 0.6 is 11.3 Å². The zero-order valence-electron chi connectivity index (χ0n) is 14.2. The summed E-state index contributed by atoms with van der Waals surface area (Å²) in [6.45, 7) is 8.22. The second-order valence-corrected chi connectivity index (χ2v) is 7.36. The lowest BCUT2D eigenvalue weighted by Crippen LogP contribution is -2.42. The summed E-state index contributed by atoms with van der Waals surface area (Å²) in [6, 6.07) is 8.34. The molecular weight excluding hydrogens is 308 g/mol. The van der Waals surface area contributed by atoms with Gasteiger partial charge in [-0.25, -0.2) is 4.98 Å². The second kappa shape index (κ2) is 7.23. The third kappa shape index (κ3) is 5.15. The standard InChI is InChI=1S/C18H24N2O2S/c1-5-20(12-18(3,4)22)17(21)15-11-23-16(19-15)10-14-8-6-13(2)7-9-14/h6-9,11,22H,5,10,12H2,1-4H3. The van der Waals surface area contributed by atoms with E-state index in [2.05, 4.69) is 36.2 Å². The molecule has 4 nitrogen and oxygen atoms in total. The molecular formula is C18H24N2O2S. The molecule has 5 heteroatoms. The fourth-order valence-electron chi connectivity index (χ4n) is 2.33. The predicted molar refractivity (Wildman–Crippen MR) is 94.0 cm³/mol. The minimum absolute atomic E-state index is 0.124. The highest BCUT2D eigenvalue weighted by Crippen LogP contribution is 2.17. The highest BCUT2D eigenvalue weighted by atomic mass is 32.1. The van der Waals surface area contributed by atoms with Crippen LogP contribution in [0.5, 0.6) is 0 Å². The Morgan fingerprint density at radius 2 is 1.96 bits per heavy atom. The Bertz CT molecular complexity index is 656. The van der Waals surface area contributed by atoms with Gasteiger partial charge in [0.05, 0.1) is 10.6 Å². The summed E-state index contributed by atoms with van der Waals surface area (Å²) in [7, 11) is 0. The van der Waals surface area contributed by atoms with Gasteiger partial charge in [0.15, 0.2) is 0 Å². The Morgan fingerprint density at radius 1 is 1.30 bits per heavy atom. The van der Waals surface area contributed by atoms with Crippen LogP contribution in [-0.2, 0) is 6.42 Å². The number of hydrogen-bond donors (Lipinski definition) is 1. The van der Waals surface area contributed by atoms with Crippen LogP contribution < -0.4 is 0 Å². The van der Waals surface area contributed by atoms with Crippen LogP contribution in [0.1, 0.15) is 47.4 Å². The molecule has 0 atom stereocenters. The van der Waals surface area contributed by atoms with Gasteiger partial charge in [-0.05, 0) is 33.3 Å². The lowest BCUT2D eigenvalue weighted by Gasteiger charge is -2.27. The number of nitrogens with zero attached hydrogens (tertiary/aromatic N) is 2. The number of aryl methyl sites for hydroxylation is 1. The first-order valence-corrected chi connectivity index (χ1v) is 8.68. The molecule has 0 spiro atoms. The molecule has 1 amide bonds. The number of amides is 1. The van der Waals surface area contributed by atoms with E-state index in [1.807, 2.05) is 6.92 Å². The minimum atomic E-state index is -0.910. The first-order valence-electron chi connectivity index (χ1n) is 7.80. The van der Waals surface area contributed by atoms with Crippen molar-refractivity contribution >= 4 is 17.2 Å². The van der Waals surface area contributed by atoms with Crippen molar-refractivity contribution in [2.45, 2.75) is 39.7 Å². The van der Waals surface area contributed by atoms with Gasteiger partial charge in [-0.15, -0.1) is 11.3 Å². The number of carbonyl (C=O) groups is 1. The average Bonchev–Trinajstić information content (AvgIpc) is 2.94. The molecule has 0 aliphatic heterocycles. The van der Waals surface area contributed by atoms with E-state index in [1.54, 1.807) is 24.1 Å². The Kier molecular flexibility index (Phi) is 5.55. The molecule has 124 valence electrons. The number of aromatic nitrogens is 1. The summed E-state index contributed by atoms with van der Waals surface area (Å²) in [5.41, 5.74) is 1.97. The Morgan fingerprint density at radius 3 is 2.52 bits per heavy atom. The summed E-state index contributed by atoms with van der Waals surface area (Å²) in [6.07, 6.45) is 0.732. The fourth-order valence-corrected chi connectivity index (χ4v) is 3.13. The Balaban J connectivity index is 2.08. The zero-order chi connectivity index (χ0) is 17.0. The van der Waals surface area contributed by atoms with E-state index in [0.29, 0.717) is 18.8 Å². The molecule has 1 heterocycles. The molecule has 0 saturated carbocycles. The van der Waals surface area contributed by atoms with Gasteiger partial charge in [0.25, 0.3) is 5.91 Å². The van der Waals surface area contributed by atoms with E-state index in [-0.39, 0.29) is 5.91 Å². The van der Waals surface area contributed by atoms with Crippen LogP contribution in [0, 0.1) is 6.92 Å². The molecule has 1 aromatic carbocycles. The molecule has 23 heavy (non-hydrogen) atoms. The van der Waals surface area contributed by atoms with Crippen LogP contribution in [0.4, 0.5) is 0 Å². The maximum atomic E-state index is 12.5. The average molecular weight is 332 g/mol. The van der Waals surface area contributed by atoms with E-state index in [0.717, 1.165) is 11.4 Å². The molecule has 0 saturated heterocycles. The lowest BCUT2D eigenvalue weighted by atomic mass is 10.1. The quantitative estimate of drug-likeness (QED) is 0.883. The molecule has 1 aromatic heterocycles. The molecule has 2 aromatic rings. The van der Waals surface area contributed by atoms with Gasteiger partial charge >= 0.3 is 0 Å². The number of thiazole rings is 1. The third-order valence-corrected chi connectivity index (χ3v) is 4.34. The van der Waals surface area contributed by atoms with Crippen molar-refractivity contribution in [3.63, 3.8) is 0 Å². The number of benzene rings is 1. The van der Waals surface area contributed by atoms with Crippen molar-refractivity contribution in [2.24, 2.45) is 0 Å². The van der Waals surface area contributed by atoms with Crippen LogP contribution in [0.2, 0.25) is 0 Å². The summed E-state index contributed by atoms with van der Waals surface area (Å²) < 4.78 is 0. The van der Waals surface area contributed by atoms with Crippen LogP contribution in [0.15, 0.2) is 29.6 Å². The van der Waals surface area contributed by atoms with Crippen molar-refractivity contribution in [3.8, 4) is 0 Å². The molecule has 0 bridgehead atoms. The molecule has 0 radical (unpaired) electrons.